The summed E-state index contributed by atoms with van der Waals surface area (Å²) in [5.41, 5.74) is -0.884. The Balaban J connectivity index is 1.54. The summed E-state index contributed by atoms with van der Waals surface area (Å²) in [6.45, 7) is -1.10. The number of aliphatic hydroxyl groups is 2. The van der Waals surface area contributed by atoms with E-state index >= 15 is 0 Å². The van der Waals surface area contributed by atoms with E-state index in [9.17, 15) is 24.2 Å². The third-order valence-electron chi connectivity index (χ3n) is 6.01. The zero-order valence-corrected chi connectivity index (χ0v) is 20.6. The number of aliphatic hydroxyl groups excluding tert-OH is 1. The SMILES string of the molecule is O=P(O)(O)CP(=O)(O)OC[C@H]1OC[C@@](O)(c2cnc3c(NC4CCCCC4)cc(Cl)nn23)[C@@H]1O. The predicted molar refractivity (Wildman–Crippen MR) is 121 cm³/mol. The Morgan fingerprint density at radius 1 is 1.26 bits per heavy atom. The molecule has 34 heavy (non-hydrogen) atoms. The van der Waals surface area contributed by atoms with Gasteiger partial charge in [0.15, 0.2) is 22.3 Å². The molecule has 1 aliphatic heterocycles. The van der Waals surface area contributed by atoms with Gasteiger partial charge in [0.2, 0.25) is 0 Å². The molecule has 4 atom stereocenters. The molecule has 2 aromatic rings. The number of halogens is 1. The van der Waals surface area contributed by atoms with E-state index in [-0.39, 0.29) is 16.9 Å². The summed E-state index contributed by atoms with van der Waals surface area (Å²) in [5.74, 6) is -1.38. The quantitative estimate of drug-likeness (QED) is 0.264. The zero-order valence-electron chi connectivity index (χ0n) is 18.0. The number of nitrogens with zero attached hydrogens (tertiary/aromatic N) is 3. The second-order valence-electron chi connectivity index (χ2n) is 8.70. The van der Waals surface area contributed by atoms with Crippen molar-refractivity contribution in [3.63, 3.8) is 0 Å². The van der Waals surface area contributed by atoms with Crippen LogP contribution in [0.1, 0.15) is 37.8 Å². The minimum absolute atomic E-state index is 0.0918. The van der Waals surface area contributed by atoms with Gasteiger partial charge >= 0.3 is 15.2 Å². The van der Waals surface area contributed by atoms with Crippen molar-refractivity contribution in [3.05, 3.63) is 23.1 Å². The summed E-state index contributed by atoms with van der Waals surface area (Å²) >= 11 is 6.22. The van der Waals surface area contributed by atoms with E-state index in [0.29, 0.717) is 11.3 Å². The van der Waals surface area contributed by atoms with Crippen molar-refractivity contribution in [2.24, 2.45) is 0 Å². The first-order valence-electron chi connectivity index (χ1n) is 10.7. The van der Waals surface area contributed by atoms with Gasteiger partial charge in [-0.05, 0) is 12.8 Å². The molecule has 1 saturated carbocycles. The van der Waals surface area contributed by atoms with Crippen LogP contribution in [-0.2, 0) is 24.0 Å². The molecule has 1 aliphatic carbocycles. The largest absolute Gasteiger partial charge is 0.387 e. The molecular weight excluding hydrogens is 514 g/mol. The van der Waals surface area contributed by atoms with Crippen LogP contribution < -0.4 is 5.32 Å². The van der Waals surface area contributed by atoms with Crippen molar-refractivity contribution in [2.75, 3.05) is 24.4 Å². The van der Waals surface area contributed by atoms with Gasteiger partial charge in [0.05, 0.1) is 30.8 Å². The Kier molecular flexibility index (Phi) is 7.44. The van der Waals surface area contributed by atoms with Crippen molar-refractivity contribution in [3.8, 4) is 0 Å². The van der Waals surface area contributed by atoms with E-state index < -0.39 is 52.1 Å². The van der Waals surface area contributed by atoms with Gasteiger partial charge in [-0.3, -0.25) is 9.13 Å². The minimum Gasteiger partial charge on any atom is -0.387 e. The second-order valence-corrected chi connectivity index (χ2v) is 13.1. The Labute approximate surface area is 199 Å². The molecule has 2 aromatic heterocycles. The Bertz CT molecular complexity index is 1140. The van der Waals surface area contributed by atoms with E-state index in [2.05, 4.69) is 15.4 Å². The first-order valence-corrected chi connectivity index (χ1v) is 14.7. The van der Waals surface area contributed by atoms with E-state index in [1.807, 2.05) is 0 Å². The molecule has 6 N–H and O–H groups in total. The molecule has 0 bridgehead atoms. The molecule has 0 radical (unpaired) electrons. The number of hydrogen-bond acceptors (Lipinski definition) is 9. The fraction of sp³-hybridized carbons (Fsp3) is 0.667. The summed E-state index contributed by atoms with van der Waals surface area (Å²) < 4.78 is 34.3. The van der Waals surface area contributed by atoms with Crippen LogP contribution in [0, 0.1) is 0 Å². The minimum atomic E-state index is -4.81. The molecule has 16 heteroatoms. The lowest BCUT2D eigenvalue weighted by molar-refractivity contribution is -0.0624. The van der Waals surface area contributed by atoms with Crippen molar-refractivity contribution < 1.29 is 43.3 Å². The average Bonchev–Trinajstić information content (AvgIpc) is 3.28. The lowest BCUT2D eigenvalue weighted by Gasteiger charge is -2.26. The van der Waals surface area contributed by atoms with Crippen LogP contribution in [0.5, 0.6) is 0 Å². The van der Waals surface area contributed by atoms with Crippen molar-refractivity contribution in [1.29, 1.82) is 0 Å². The number of ether oxygens (including phenoxy) is 1. The number of anilines is 1. The summed E-state index contributed by atoms with van der Waals surface area (Å²) in [6, 6.07) is 1.90. The fourth-order valence-electron chi connectivity index (χ4n) is 4.35. The lowest BCUT2D eigenvalue weighted by Crippen LogP contribution is -2.43. The van der Waals surface area contributed by atoms with Gasteiger partial charge in [0.1, 0.15) is 12.2 Å². The number of fused-ring (bicyclic) bond motifs is 1. The lowest BCUT2D eigenvalue weighted by atomic mass is 9.93. The van der Waals surface area contributed by atoms with Crippen LogP contribution in [0.15, 0.2) is 12.3 Å². The third kappa shape index (κ3) is 5.65. The molecule has 13 nitrogen and oxygen atoms in total. The maximum atomic E-state index is 11.9. The maximum Gasteiger partial charge on any atom is 0.340 e. The Hall–Kier alpha value is -1.11. The average molecular weight is 541 g/mol. The van der Waals surface area contributed by atoms with Gasteiger partial charge in [-0.25, -0.2) is 9.50 Å². The highest BCUT2D eigenvalue weighted by Gasteiger charge is 2.52. The van der Waals surface area contributed by atoms with Gasteiger partial charge in [-0.1, -0.05) is 30.9 Å². The van der Waals surface area contributed by atoms with E-state index in [1.165, 1.54) is 17.1 Å². The van der Waals surface area contributed by atoms with E-state index in [1.54, 1.807) is 6.07 Å². The van der Waals surface area contributed by atoms with Crippen LogP contribution >= 0.6 is 26.8 Å². The first-order chi connectivity index (χ1) is 15.9. The number of nitrogens with one attached hydrogen (secondary N) is 1. The van der Waals surface area contributed by atoms with Crippen LogP contribution in [0.2, 0.25) is 5.15 Å². The van der Waals surface area contributed by atoms with E-state index in [4.69, 9.17) is 30.6 Å². The molecular formula is C18H27ClN4O9P2. The highest BCUT2D eigenvalue weighted by atomic mass is 35.5. The normalized spacial score (nSPS) is 28.3. The number of aromatic nitrogens is 3. The fourth-order valence-corrected chi connectivity index (χ4v) is 7.11. The van der Waals surface area contributed by atoms with Gasteiger partial charge in [0.25, 0.3) is 0 Å². The molecule has 1 saturated heterocycles. The molecule has 2 aliphatic rings. The summed E-state index contributed by atoms with van der Waals surface area (Å²) in [5, 5.41) is 29.8. The maximum absolute atomic E-state index is 11.9. The summed E-state index contributed by atoms with van der Waals surface area (Å²) in [6.07, 6.45) is 3.90. The molecule has 3 heterocycles. The van der Waals surface area contributed by atoms with Crippen molar-refractivity contribution in [2.45, 2.75) is 56.0 Å². The van der Waals surface area contributed by atoms with Crippen molar-refractivity contribution in [1.82, 2.24) is 14.6 Å². The molecule has 4 rings (SSSR count). The van der Waals surface area contributed by atoms with Crippen molar-refractivity contribution >= 4 is 38.1 Å². The zero-order chi connectivity index (χ0) is 24.7. The monoisotopic (exact) mass is 540 g/mol. The van der Waals surface area contributed by atoms with Crippen LogP contribution in [0.3, 0.4) is 0 Å². The Morgan fingerprint density at radius 2 is 1.97 bits per heavy atom. The third-order valence-corrected chi connectivity index (χ3v) is 9.65. The van der Waals surface area contributed by atoms with Gasteiger partial charge in [-0.2, -0.15) is 5.10 Å². The highest BCUT2D eigenvalue weighted by Crippen LogP contribution is 2.55. The smallest absolute Gasteiger partial charge is 0.340 e. The molecule has 1 unspecified atom stereocenters. The molecule has 0 spiro atoms. The molecule has 0 amide bonds. The second kappa shape index (κ2) is 9.74. The number of rotatable bonds is 8. The summed E-state index contributed by atoms with van der Waals surface area (Å²) in [4.78, 5) is 31.8. The Morgan fingerprint density at radius 3 is 2.65 bits per heavy atom. The molecule has 2 fully saturated rings. The van der Waals surface area contributed by atoms with Gasteiger partial charge < -0.3 is 39.5 Å². The number of imidazole rings is 1. The van der Waals surface area contributed by atoms with Gasteiger partial charge in [-0.15, -0.1) is 0 Å². The summed E-state index contributed by atoms with van der Waals surface area (Å²) in [7, 11) is -9.47. The molecule has 190 valence electrons. The highest BCUT2D eigenvalue weighted by molar-refractivity contribution is 7.70. The van der Waals surface area contributed by atoms with Crippen LogP contribution in [0.4, 0.5) is 5.69 Å². The van der Waals surface area contributed by atoms with Gasteiger partial charge in [0, 0.05) is 12.1 Å². The van der Waals surface area contributed by atoms with E-state index in [0.717, 1.165) is 25.7 Å². The topological polar surface area (TPSA) is 196 Å². The first kappa shape index (κ1) is 26.0. The standard InChI is InChI=1S/C18H27ClN4O9P2/c19-15-6-12(21-11-4-2-1-3-5-11)17-20-7-14(23(17)22-15)18(25)9-31-13(16(18)24)8-32-34(29,30)10-33(26,27)28/h6-7,11,13,16,21,24-25H,1-5,8-10H2,(H,29,30)(H2,26,27,28)/t13-,16-,18-/m1/s1. The molecule has 0 aromatic carbocycles. The van der Waals surface area contributed by atoms with Crippen LogP contribution in [0.25, 0.3) is 5.65 Å². The van der Waals surface area contributed by atoms with Crippen LogP contribution in [-0.4, -0.2) is 76.9 Å². The number of hydrogen-bond donors (Lipinski definition) is 6. The predicted octanol–water partition coefficient (Wildman–Crippen LogP) is 1.41.